The summed E-state index contributed by atoms with van der Waals surface area (Å²) in [6.07, 6.45) is 0. The molecule has 0 aliphatic rings. The normalized spacial score (nSPS) is 11.1. The molecule has 0 bridgehead atoms. The van der Waals surface area contributed by atoms with Crippen LogP contribution in [0.4, 0.5) is 5.13 Å². The van der Waals surface area contributed by atoms with Crippen LogP contribution in [0.2, 0.25) is 10.0 Å². The number of carbonyl (C=O) groups is 1. The Morgan fingerprint density at radius 1 is 1.21 bits per heavy atom. The average Bonchev–Trinajstić information content (AvgIpc) is 3.28. The van der Waals surface area contributed by atoms with Crippen molar-refractivity contribution in [3.63, 3.8) is 0 Å². The molecule has 28 heavy (non-hydrogen) atoms. The number of nitrogens with zero attached hydrogens (tertiary/aromatic N) is 3. The van der Waals surface area contributed by atoms with Crippen molar-refractivity contribution in [3.8, 4) is 11.3 Å². The molecule has 2 heterocycles. The van der Waals surface area contributed by atoms with E-state index in [2.05, 4.69) is 19.5 Å². The zero-order valence-electron chi connectivity index (χ0n) is 14.4. The van der Waals surface area contributed by atoms with Gasteiger partial charge in [0.2, 0.25) is 0 Å². The number of halogens is 2. The van der Waals surface area contributed by atoms with Gasteiger partial charge in [0.25, 0.3) is 0 Å². The molecule has 142 valence electrons. The fraction of sp³-hybridized carbons (Fsp3) is 0.111. The van der Waals surface area contributed by atoms with E-state index in [-0.39, 0.29) is 26.4 Å². The monoisotopic (exact) mass is 514 g/mol. The van der Waals surface area contributed by atoms with Gasteiger partial charge in [0, 0.05) is 0 Å². The van der Waals surface area contributed by atoms with Crippen LogP contribution < -0.4 is 5.32 Å². The number of carbonyl (C=O) groups excluding carboxylic acids is 1. The topological polar surface area (TPSA) is 67.8 Å². The third kappa shape index (κ3) is 4.43. The number of hydrogen-bond acceptors (Lipinski definition) is 6. The first-order chi connectivity index (χ1) is 13.5. The van der Waals surface area contributed by atoms with E-state index in [0.29, 0.717) is 15.2 Å². The quantitative estimate of drug-likeness (QED) is 0.295. The summed E-state index contributed by atoms with van der Waals surface area (Å²) in [5.74, 6) is 0.159. The molecule has 1 amide bonds. The molecule has 5 nitrogen and oxygen atoms in total. The van der Waals surface area contributed by atoms with Crippen molar-refractivity contribution in [1.29, 1.82) is 0 Å². The van der Waals surface area contributed by atoms with Crippen LogP contribution in [0, 0.1) is 6.92 Å². The molecular weight excluding hydrogens is 502 g/mol. The van der Waals surface area contributed by atoms with Gasteiger partial charge < -0.3 is 0 Å². The molecule has 0 aliphatic carbocycles. The Labute approximate surface area is 185 Å². The third-order valence-corrected chi connectivity index (χ3v) is 8.55. The summed E-state index contributed by atoms with van der Waals surface area (Å²) in [5, 5.41) is 8.67. The molecule has 0 saturated heterocycles. The fourth-order valence-electron chi connectivity index (χ4n) is 2.47. The first-order valence-electron chi connectivity index (χ1n) is 8.07. The van der Waals surface area contributed by atoms with Crippen molar-refractivity contribution in [2.24, 2.45) is 0 Å². The number of fused-ring (bicyclic) bond motifs is 1. The van der Waals surface area contributed by atoms with Crippen molar-refractivity contribution >= 4 is 82.3 Å². The average molecular weight is 514 g/mol. The van der Waals surface area contributed by atoms with Crippen molar-refractivity contribution in [3.05, 3.63) is 52.0 Å². The van der Waals surface area contributed by atoms with Crippen LogP contribution in [0.1, 0.15) is 5.56 Å². The second-order valence-electron chi connectivity index (χ2n) is 5.86. The van der Waals surface area contributed by atoms with Crippen molar-refractivity contribution in [2.75, 3.05) is 11.1 Å². The number of benzene rings is 2. The van der Waals surface area contributed by atoms with E-state index < -0.39 is 0 Å². The van der Waals surface area contributed by atoms with Crippen LogP contribution in [0.15, 0.2) is 40.2 Å². The zero-order valence-corrected chi connectivity index (χ0v) is 19.3. The first-order valence-corrected chi connectivity index (χ1v) is 12.3. The van der Waals surface area contributed by atoms with Crippen molar-refractivity contribution < 1.29 is 4.79 Å². The third-order valence-electron chi connectivity index (χ3n) is 3.77. The minimum absolute atomic E-state index is 0.107. The van der Waals surface area contributed by atoms with E-state index in [0.717, 1.165) is 30.8 Å². The number of aromatic nitrogens is 3. The summed E-state index contributed by atoms with van der Waals surface area (Å²) in [5.41, 5.74) is 3.65. The van der Waals surface area contributed by atoms with Gasteiger partial charge in [-0.3, -0.25) is 0 Å². The second kappa shape index (κ2) is 8.53. The van der Waals surface area contributed by atoms with Gasteiger partial charge in [-0.1, -0.05) is 0 Å². The number of thioether (sulfide) groups is 1. The van der Waals surface area contributed by atoms with Gasteiger partial charge in [0.05, 0.1) is 0 Å². The summed E-state index contributed by atoms with van der Waals surface area (Å²) in [7, 11) is 0. The number of rotatable bonds is 5. The Bertz CT molecular complexity index is 1180. The van der Waals surface area contributed by atoms with Gasteiger partial charge in [0.15, 0.2) is 0 Å². The Morgan fingerprint density at radius 3 is 2.89 bits per heavy atom. The summed E-state index contributed by atoms with van der Waals surface area (Å²) in [4.78, 5) is 16.9. The Morgan fingerprint density at radius 2 is 2.07 bits per heavy atom. The van der Waals surface area contributed by atoms with Crippen LogP contribution >= 0.6 is 46.3 Å². The molecule has 1 N–H and O–H groups in total. The fourth-order valence-corrected chi connectivity index (χ4v) is 6.12. The van der Waals surface area contributed by atoms with Crippen molar-refractivity contribution in [2.45, 2.75) is 10.7 Å². The standard InChI is InChI=1S/C18H12Cl2N4OS2Se/c1-9-2-5-14-13(6-9)21-18(27-14)22-15(25)8-26-17-16(23-24-28-17)10-3-4-11(19)12(20)7-10/h2-7H,8H2,1H3,(H,21,22,25). The molecular formula is C18H12Cl2N4OS2Se. The predicted octanol–water partition coefficient (Wildman–Crippen LogP) is 5.16. The number of aryl methyl sites for hydroxylation is 1. The molecule has 0 atom stereocenters. The van der Waals surface area contributed by atoms with E-state index in [1.807, 2.05) is 31.2 Å². The molecule has 4 rings (SSSR count). The molecule has 2 aromatic carbocycles. The Balaban J connectivity index is 1.43. The van der Waals surface area contributed by atoms with Crippen LogP contribution in [0.3, 0.4) is 0 Å². The van der Waals surface area contributed by atoms with Gasteiger partial charge in [0.1, 0.15) is 0 Å². The van der Waals surface area contributed by atoms with Crippen molar-refractivity contribution in [1.82, 2.24) is 14.2 Å². The van der Waals surface area contributed by atoms with E-state index in [1.54, 1.807) is 12.1 Å². The van der Waals surface area contributed by atoms with E-state index in [9.17, 15) is 4.79 Å². The SMILES string of the molecule is Cc1ccc2sc(NC(=O)CSc3[se]nnc3-c3ccc(Cl)c(Cl)c3)nc2c1. The van der Waals surface area contributed by atoms with E-state index >= 15 is 0 Å². The molecule has 0 fully saturated rings. The molecule has 4 aromatic rings. The number of anilines is 1. The number of amides is 1. The van der Waals surface area contributed by atoms with E-state index in [4.69, 9.17) is 23.2 Å². The molecule has 0 aliphatic heterocycles. The molecule has 0 spiro atoms. The van der Waals surface area contributed by atoms with Gasteiger partial charge in [-0.15, -0.1) is 0 Å². The molecule has 0 radical (unpaired) electrons. The maximum absolute atomic E-state index is 12.4. The van der Waals surface area contributed by atoms with Gasteiger partial charge in [-0.05, 0) is 0 Å². The predicted molar refractivity (Wildman–Crippen MR) is 118 cm³/mol. The number of thiazole rings is 1. The van der Waals surface area contributed by atoms with Crippen LogP contribution in [-0.4, -0.2) is 40.6 Å². The number of nitrogens with one attached hydrogen (secondary N) is 1. The zero-order chi connectivity index (χ0) is 19.7. The summed E-state index contributed by atoms with van der Waals surface area (Å²) in [6.45, 7) is 2.02. The summed E-state index contributed by atoms with van der Waals surface area (Å²) < 4.78 is 6.19. The van der Waals surface area contributed by atoms with Crippen LogP contribution in [0.25, 0.3) is 21.5 Å². The van der Waals surface area contributed by atoms with Crippen LogP contribution in [0.5, 0.6) is 0 Å². The molecule has 2 aromatic heterocycles. The van der Waals surface area contributed by atoms with Gasteiger partial charge in [-0.25, -0.2) is 0 Å². The van der Waals surface area contributed by atoms with Crippen LogP contribution in [-0.2, 0) is 4.79 Å². The van der Waals surface area contributed by atoms with Gasteiger partial charge in [-0.2, -0.15) is 0 Å². The maximum atomic E-state index is 12.4. The van der Waals surface area contributed by atoms with Gasteiger partial charge >= 0.3 is 186 Å². The minimum atomic E-state index is -0.139. The molecule has 0 unspecified atom stereocenters. The van der Waals surface area contributed by atoms with E-state index in [1.165, 1.54) is 23.1 Å². The summed E-state index contributed by atoms with van der Waals surface area (Å²) in [6, 6.07) is 11.4. The first kappa shape index (κ1) is 19.9. The number of hydrogen-bond donors (Lipinski definition) is 1. The second-order valence-corrected chi connectivity index (χ2v) is 10.9. The molecule has 0 saturated carbocycles. The Kier molecular flexibility index (Phi) is 6.06. The Hall–Kier alpha value is -1.41. The molecule has 10 heteroatoms. The summed E-state index contributed by atoms with van der Waals surface area (Å²) >= 11 is 14.9.